The van der Waals surface area contributed by atoms with E-state index in [1.807, 2.05) is 49.4 Å². The first kappa shape index (κ1) is 17.7. The molecule has 0 aliphatic heterocycles. The molecule has 0 fully saturated rings. The molecule has 24 heavy (non-hydrogen) atoms. The Morgan fingerprint density at radius 3 is 2.25 bits per heavy atom. The third-order valence-corrected chi connectivity index (χ3v) is 4.20. The van der Waals surface area contributed by atoms with Crippen LogP contribution in [-0.4, -0.2) is 23.5 Å². The highest BCUT2D eigenvalue weighted by atomic mass is 16.4. The van der Waals surface area contributed by atoms with Crippen LogP contribution in [0.4, 0.5) is 0 Å². The van der Waals surface area contributed by atoms with E-state index >= 15 is 0 Å². The van der Waals surface area contributed by atoms with Crippen molar-refractivity contribution in [3.8, 4) is 0 Å². The number of benzene rings is 2. The molecule has 0 heterocycles. The first-order valence-electron chi connectivity index (χ1n) is 8.24. The Morgan fingerprint density at radius 1 is 1.00 bits per heavy atom. The molecule has 0 radical (unpaired) electrons. The largest absolute Gasteiger partial charge is 0.481 e. The lowest BCUT2D eigenvalue weighted by Gasteiger charge is -2.15. The maximum absolute atomic E-state index is 12.4. The van der Waals surface area contributed by atoms with Gasteiger partial charge in [-0.1, -0.05) is 56.3 Å². The fourth-order valence-corrected chi connectivity index (χ4v) is 2.67. The molecule has 2 aromatic rings. The normalized spacial score (nSPS) is 11.8. The van der Waals surface area contributed by atoms with E-state index in [-0.39, 0.29) is 12.5 Å². The van der Waals surface area contributed by atoms with Gasteiger partial charge in [-0.25, -0.2) is 0 Å². The number of carboxylic acid groups (broad SMARTS) is 1. The predicted octanol–water partition coefficient (Wildman–Crippen LogP) is 3.41. The van der Waals surface area contributed by atoms with Gasteiger partial charge in [0.2, 0.25) is 0 Å². The van der Waals surface area contributed by atoms with E-state index in [9.17, 15) is 14.7 Å². The van der Waals surface area contributed by atoms with Crippen molar-refractivity contribution < 1.29 is 14.7 Å². The monoisotopic (exact) mass is 325 g/mol. The summed E-state index contributed by atoms with van der Waals surface area (Å²) < 4.78 is 0. The molecule has 2 rings (SSSR count). The fourth-order valence-electron chi connectivity index (χ4n) is 2.67. The van der Waals surface area contributed by atoms with E-state index in [2.05, 4.69) is 12.2 Å². The van der Waals surface area contributed by atoms with Crippen LogP contribution in [0.1, 0.15) is 46.8 Å². The van der Waals surface area contributed by atoms with Gasteiger partial charge >= 0.3 is 5.97 Å². The van der Waals surface area contributed by atoms with E-state index in [4.69, 9.17) is 0 Å². The summed E-state index contributed by atoms with van der Waals surface area (Å²) in [6, 6.07) is 14.9. The first-order valence-corrected chi connectivity index (χ1v) is 8.24. The minimum absolute atomic E-state index is 0.0671. The van der Waals surface area contributed by atoms with Gasteiger partial charge in [-0.15, -0.1) is 0 Å². The van der Waals surface area contributed by atoms with Crippen LogP contribution in [0.5, 0.6) is 0 Å². The Labute approximate surface area is 142 Å². The Morgan fingerprint density at radius 2 is 1.67 bits per heavy atom. The van der Waals surface area contributed by atoms with E-state index in [0.29, 0.717) is 11.1 Å². The third kappa shape index (κ3) is 4.22. The molecule has 4 nitrogen and oxygen atoms in total. The molecule has 2 N–H and O–H groups in total. The molecule has 0 spiro atoms. The van der Waals surface area contributed by atoms with E-state index in [0.717, 1.165) is 24.0 Å². The summed E-state index contributed by atoms with van der Waals surface area (Å²) in [4.78, 5) is 24.0. The highest BCUT2D eigenvalue weighted by Crippen LogP contribution is 2.17. The molecule has 4 heteroatoms. The Balaban J connectivity index is 2.11. The highest BCUT2D eigenvalue weighted by molar-refractivity contribution is 5.96. The number of carbonyl (C=O) groups is 2. The number of amides is 1. The lowest BCUT2D eigenvalue weighted by molar-refractivity contribution is -0.138. The van der Waals surface area contributed by atoms with Crippen LogP contribution in [0.25, 0.3) is 0 Å². The Bertz CT molecular complexity index is 707. The van der Waals surface area contributed by atoms with E-state index < -0.39 is 11.9 Å². The van der Waals surface area contributed by atoms with Gasteiger partial charge in [0.25, 0.3) is 5.91 Å². The van der Waals surface area contributed by atoms with Crippen molar-refractivity contribution in [2.45, 2.75) is 32.6 Å². The zero-order valence-corrected chi connectivity index (χ0v) is 14.1. The SMILES string of the molecule is CCc1ccc(C(CNC(=O)c2ccccc2CC)C(=O)O)cc1. The number of hydrogen-bond acceptors (Lipinski definition) is 2. The van der Waals surface area contributed by atoms with Crippen LogP contribution in [0.15, 0.2) is 48.5 Å². The molecule has 1 unspecified atom stereocenters. The van der Waals surface area contributed by atoms with Crippen LogP contribution in [0, 0.1) is 0 Å². The fraction of sp³-hybridized carbons (Fsp3) is 0.300. The summed E-state index contributed by atoms with van der Waals surface area (Å²) in [6.45, 7) is 4.11. The number of nitrogens with one attached hydrogen (secondary N) is 1. The average Bonchev–Trinajstić information content (AvgIpc) is 2.61. The molecule has 126 valence electrons. The number of rotatable bonds is 7. The van der Waals surface area contributed by atoms with E-state index in [1.54, 1.807) is 6.07 Å². The quantitative estimate of drug-likeness (QED) is 0.820. The maximum atomic E-state index is 12.4. The number of carbonyl (C=O) groups excluding carboxylic acids is 1. The smallest absolute Gasteiger partial charge is 0.312 e. The summed E-state index contributed by atoms with van der Waals surface area (Å²) in [5, 5.41) is 12.2. The predicted molar refractivity (Wildman–Crippen MR) is 94.4 cm³/mol. The first-order chi connectivity index (χ1) is 11.6. The molecule has 0 aliphatic rings. The summed E-state index contributed by atoms with van der Waals surface area (Å²) >= 11 is 0. The summed E-state index contributed by atoms with van der Waals surface area (Å²) in [5.41, 5.74) is 3.41. The molecule has 2 aromatic carbocycles. The topological polar surface area (TPSA) is 66.4 Å². The van der Waals surface area contributed by atoms with Crippen molar-refractivity contribution in [2.75, 3.05) is 6.54 Å². The van der Waals surface area contributed by atoms with Gasteiger partial charge in [0.05, 0.1) is 5.92 Å². The van der Waals surface area contributed by atoms with Crippen molar-refractivity contribution in [1.82, 2.24) is 5.32 Å². The molecule has 0 aliphatic carbocycles. The molecule has 0 saturated heterocycles. The second-order valence-electron chi connectivity index (χ2n) is 5.71. The number of carboxylic acids is 1. The highest BCUT2D eigenvalue weighted by Gasteiger charge is 2.21. The summed E-state index contributed by atoms with van der Waals surface area (Å²) in [5.74, 6) is -1.93. The Hall–Kier alpha value is -2.62. The van der Waals surface area contributed by atoms with Crippen LogP contribution >= 0.6 is 0 Å². The zero-order valence-electron chi connectivity index (χ0n) is 14.1. The molecular weight excluding hydrogens is 302 g/mol. The van der Waals surface area contributed by atoms with Gasteiger partial charge in [-0.2, -0.15) is 0 Å². The van der Waals surface area contributed by atoms with Crippen molar-refractivity contribution in [2.24, 2.45) is 0 Å². The third-order valence-electron chi connectivity index (χ3n) is 4.20. The lowest BCUT2D eigenvalue weighted by atomic mass is 9.97. The number of aliphatic carboxylic acids is 1. The molecule has 1 atom stereocenters. The van der Waals surface area contributed by atoms with Crippen molar-refractivity contribution in [1.29, 1.82) is 0 Å². The summed E-state index contributed by atoms with van der Waals surface area (Å²) in [6.07, 6.45) is 1.66. The minimum Gasteiger partial charge on any atom is -0.481 e. The zero-order chi connectivity index (χ0) is 17.5. The van der Waals surface area contributed by atoms with E-state index in [1.165, 1.54) is 0 Å². The van der Waals surface area contributed by atoms with Crippen molar-refractivity contribution in [3.63, 3.8) is 0 Å². The molecular formula is C20H23NO3. The lowest BCUT2D eigenvalue weighted by Crippen LogP contribution is -2.32. The molecule has 0 aromatic heterocycles. The summed E-state index contributed by atoms with van der Waals surface area (Å²) in [7, 11) is 0. The second kappa shape index (κ2) is 8.29. The van der Waals surface area contributed by atoms with Crippen molar-refractivity contribution in [3.05, 3.63) is 70.8 Å². The van der Waals surface area contributed by atoms with Crippen LogP contribution in [0.3, 0.4) is 0 Å². The Kier molecular flexibility index (Phi) is 6.13. The van der Waals surface area contributed by atoms with Gasteiger partial charge in [0, 0.05) is 12.1 Å². The average molecular weight is 325 g/mol. The minimum atomic E-state index is -0.941. The van der Waals surface area contributed by atoms with Crippen molar-refractivity contribution >= 4 is 11.9 Å². The van der Waals surface area contributed by atoms with Gasteiger partial charge in [-0.05, 0) is 35.6 Å². The van der Waals surface area contributed by atoms with Crippen LogP contribution in [0.2, 0.25) is 0 Å². The molecule has 0 saturated carbocycles. The molecule has 0 bridgehead atoms. The standard InChI is InChI=1S/C20H23NO3/c1-3-14-9-11-16(12-10-14)18(20(23)24)13-21-19(22)17-8-6-5-7-15(17)4-2/h5-12,18H,3-4,13H2,1-2H3,(H,21,22)(H,23,24). The number of aryl methyl sites for hydroxylation is 2. The van der Waals surface area contributed by atoms with Gasteiger partial charge < -0.3 is 10.4 Å². The van der Waals surface area contributed by atoms with Gasteiger partial charge in [0.15, 0.2) is 0 Å². The van der Waals surface area contributed by atoms with Gasteiger partial charge in [0.1, 0.15) is 0 Å². The molecule has 1 amide bonds. The van der Waals surface area contributed by atoms with Crippen LogP contribution < -0.4 is 5.32 Å². The second-order valence-corrected chi connectivity index (χ2v) is 5.71. The van der Waals surface area contributed by atoms with Crippen LogP contribution in [-0.2, 0) is 17.6 Å². The van der Waals surface area contributed by atoms with Gasteiger partial charge in [-0.3, -0.25) is 9.59 Å². The maximum Gasteiger partial charge on any atom is 0.312 e. The number of hydrogen-bond donors (Lipinski definition) is 2.